The van der Waals surface area contributed by atoms with Crippen LogP contribution in [0.25, 0.3) is 0 Å². The molecule has 0 atom stereocenters. The largest absolute Gasteiger partial charge is 0.345 e. The van der Waals surface area contributed by atoms with Crippen molar-refractivity contribution in [3.8, 4) is 0 Å². The molecule has 0 spiro atoms. The molecule has 0 saturated carbocycles. The number of rotatable bonds is 7. The van der Waals surface area contributed by atoms with E-state index >= 15 is 0 Å². The summed E-state index contributed by atoms with van der Waals surface area (Å²) in [7, 11) is 2.19. The van der Waals surface area contributed by atoms with Crippen LogP contribution in [0.3, 0.4) is 0 Å². The van der Waals surface area contributed by atoms with Crippen LogP contribution in [0.2, 0.25) is 0 Å². The van der Waals surface area contributed by atoms with Gasteiger partial charge >= 0.3 is 0 Å². The molecule has 4 nitrogen and oxygen atoms in total. The first-order chi connectivity index (χ1) is 12.1. The quantitative estimate of drug-likeness (QED) is 0.837. The van der Waals surface area contributed by atoms with Crippen molar-refractivity contribution in [2.24, 2.45) is 5.92 Å². The lowest BCUT2D eigenvalue weighted by Gasteiger charge is -2.33. The second-order valence-corrected chi connectivity index (χ2v) is 7.36. The number of aromatic nitrogens is 2. The zero-order valence-electron chi connectivity index (χ0n) is 15.3. The Balaban J connectivity index is 1.36. The minimum Gasteiger partial charge on any atom is -0.345 e. The van der Waals surface area contributed by atoms with Crippen molar-refractivity contribution in [3.05, 3.63) is 53.4 Å². The fourth-order valence-electron chi connectivity index (χ4n) is 3.72. The Morgan fingerprint density at radius 2 is 2.12 bits per heavy atom. The molecule has 0 aliphatic carbocycles. The highest BCUT2D eigenvalue weighted by Crippen LogP contribution is 2.19. The number of likely N-dealkylation sites (tertiary alicyclic amines) is 1. The van der Waals surface area contributed by atoms with Gasteiger partial charge in [0.2, 0.25) is 0 Å². The molecule has 0 bridgehead atoms. The Hall–Kier alpha value is -1.72. The highest BCUT2D eigenvalue weighted by molar-refractivity contribution is 5.16. The Morgan fingerprint density at radius 3 is 2.80 bits per heavy atom. The molecule has 1 aromatic heterocycles. The summed E-state index contributed by atoms with van der Waals surface area (Å²) >= 11 is 0. The number of hydrogen-bond donors (Lipinski definition) is 1. The van der Waals surface area contributed by atoms with Crippen LogP contribution >= 0.6 is 0 Å². The standard InChI is InChI=1S/C20H29FN4/c1-16-22-13-20(23-16)15-24(2)14-18-7-10-25(11-8-18)9-6-17-4-3-5-19(21)12-17/h3-5,12-13,18H,6-11,14-15H2,1-2H3,(H,22,23). The van der Waals surface area contributed by atoms with Crippen molar-refractivity contribution in [2.45, 2.75) is 32.7 Å². The van der Waals surface area contributed by atoms with Gasteiger partial charge in [0, 0.05) is 31.5 Å². The second kappa shape index (κ2) is 8.59. The minimum atomic E-state index is -0.133. The first-order valence-electron chi connectivity index (χ1n) is 9.24. The van der Waals surface area contributed by atoms with Crippen molar-refractivity contribution >= 4 is 0 Å². The van der Waals surface area contributed by atoms with Crippen molar-refractivity contribution in [1.29, 1.82) is 0 Å². The fourth-order valence-corrected chi connectivity index (χ4v) is 3.72. The molecule has 1 fully saturated rings. The Labute approximate surface area is 150 Å². The molecule has 0 radical (unpaired) electrons. The number of nitrogens with zero attached hydrogens (tertiary/aromatic N) is 3. The lowest BCUT2D eigenvalue weighted by Crippen LogP contribution is -2.38. The molecule has 0 amide bonds. The summed E-state index contributed by atoms with van der Waals surface area (Å²) in [6.07, 6.45) is 5.35. The van der Waals surface area contributed by atoms with Gasteiger partial charge in [0.15, 0.2) is 0 Å². The topological polar surface area (TPSA) is 35.2 Å². The Bertz CT molecular complexity index is 661. The SMILES string of the molecule is Cc1ncc(CN(C)CC2CCN(CCc3cccc(F)c3)CC2)[nH]1. The number of nitrogens with one attached hydrogen (secondary N) is 1. The summed E-state index contributed by atoms with van der Waals surface area (Å²) in [6, 6.07) is 6.98. The van der Waals surface area contributed by atoms with Crippen molar-refractivity contribution in [2.75, 3.05) is 33.2 Å². The van der Waals surface area contributed by atoms with Gasteiger partial charge in [-0.25, -0.2) is 9.37 Å². The number of halogens is 1. The van der Waals surface area contributed by atoms with E-state index in [1.54, 1.807) is 12.1 Å². The van der Waals surface area contributed by atoms with Gasteiger partial charge in [0.05, 0.1) is 0 Å². The highest BCUT2D eigenvalue weighted by atomic mass is 19.1. The second-order valence-electron chi connectivity index (χ2n) is 7.36. The van der Waals surface area contributed by atoms with Crippen LogP contribution in [0.1, 0.15) is 29.9 Å². The third-order valence-electron chi connectivity index (χ3n) is 5.08. The van der Waals surface area contributed by atoms with E-state index in [0.717, 1.165) is 56.5 Å². The van der Waals surface area contributed by atoms with Gasteiger partial charge in [-0.1, -0.05) is 12.1 Å². The van der Waals surface area contributed by atoms with Crippen molar-refractivity contribution in [1.82, 2.24) is 19.8 Å². The van der Waals surface area contributed by atoms with Crippen LogP contribution in [0.5, 0.6) is 0 Å². The summed E-state index contributed by atoms with van der Waals surface area (Å²) in [6.45, 7) is 7.38. The molecule has 1 N–H and O–H groups in total. The van der Waals surface area contributed by atoms with Crippen LogP contribution in [-0.4, -0.2) is 53.0 Å². The smallest absolute Gasteiger partial charge is 0.123 e. The first-order valence-corrected chi connectivity index (χ1v) is 9.24. The molecule has 136 valence electrons. The third kappa shape index (κ3) is 5.65. The van der Waals surface area contributed by atoms with Crippen molar-refractivity contribution < 1.29 is 4.39 Å². The highest BCUT2D eigenvalue weighted by Gasteiger charge is 2.20. The number of aryl methyl sites for hydroxylation is 1. The van der Waals surface area contributed by atoms with Crippen LogP contribution < -0.4 is 0 Å². The Morgan fingerprint density at radius 1 is 1.32 bits per heavy atom. The minimum absolute atomic E-state index is 0.133. The predicted octanol–water partition coefficient (Wildman–Crippen LogP) is 3.24. The van der Waals surface area contributed by atoms with E-state index in [-0.39, 0.29) is 5.82 Å². The average Bonchev–Trinajstić information content (AvgIpc) is 2.99. The normalized spacial score (nSPS) is 16.6. The molecule has 0 unspecified atom stereocenters. The maximum atomic E-state index is 13.2. The van der Waals surface area contributed by atoms with E-state index in [4.69, 9.17) is 0 Å². The molecule has 2 heterocycles. The number of aromatic amines is 1. The number of piperidine rings is 1. The molecule has 1 aromatic carbocycles. The molecule has 2 aromatic rings. The summed E-state index contributed by atoms with van der Waals surface area (Å²) in [4.78, 5) is 12.5. The summed E-state index contributed by atoms with van der Waals surface area (Å²) in [5.74, 6) is 1.61. The van der Waals surface area contributed by atoms with Gasteiger partial charge in [0.1, 0.15) is 11.6 Å². The van der Waals surface area contributed by atoms with Gasteiger partial charge in [-0.3, -0.25) is 0 Å². The van der Waals surface area contributed by atoms with Gasteiger partial charge < -0.3 is 14.8 Å². The van der Waals surface area contributed by atoms with Gasteiger partial charge in [0.25, 0.3) is 0 Å². The van der Waals surface area contributed by atoms with E-state index in [0.29, 0.717) is 0 Å². The van der Waals surface area contributed by atoms with E-state index in [1.807, 2.05) is 19.2 Å². The molecule has 1 aliphatic rings. The van der Waals surface area contributed by atoms with Crippen molar-refractivity contribution in [3.63, 3.8) is 0 Å². The van der Waals surface area contributed by atoms with E-state index < -0.39 is 0 Å². The number of hydrogen-bond acceptors (Lipinski definition) is 3. The summed E-state index contributed by atoms with van der Waals surface area (Å²) in [5.41, 5.74) is 2.28. The lowest BCUT2D eigenvalue weighted by atomic mass is 9.96. The van der Waals surface area contributed by atoms with E-state index in [1.165, 1.54) is 24.6 Å². The monoisotopic (exact) mass is 344 g/mol. The van der Waals surface area contributed by atoms with Gasteiger partial charge in [-0.2, -0.15) is 0 Å². The zero-order valence-corrected chi connectivity index (χ0v) is 15.3. The van der Waals surface area contributed by atoms with E-state index in [9.17, 15) is 4.39 Å². The Kier molecular flexibility index (Phi) is 6.21. The average molecular weight is 344 g/mol. The number of H-pyrrole nitrogens is 1. The molecule has 1 saturated heterocycles. The summed E-state index contributed by atoms with van der Waals surface area (Å²) in [5, 5.41) is 0. The lowest BCUT2D eigenvalue weighted by molar-refractivity contribution is 0.153. The van der Waals surface area contributed by atoms with Gasteiger partial charge in [-0.05, 0) is 69.9 Å². The van der Waals surface area contributed by atoms with Crippen LogP contribution in [-0.2, 0) is 13.0 Å². The molecular weight excluding hydrogens is 315 g/mol. The molecular formula is C20H29FN4. The third-order valence-corrected chi connectivity index (χ3v) is 5.08. The maximum absolute atomic E-state index is 13.2. The molecule has 1 aliphatic heterocycles. The molecule has 3 rings (SSSR count). The summed E-state index contributed by atoms with van der Waals surface area (Å²) < 4.78 is 13.2. The van der Waals surface area contributed by atoms with Crippen LogP contribution in [0, 0.1) is 18.7 Å². The van der Waals surface area contributed by atoms with Crippen LogP contribution in [0.15, 0.2) is 30.5 Å². The number of imidazole rings is 1. The van der Waals surface area contributed by atoms with Gasteiger partial charge in [-0.15, -0.1) is 0 Å². The first kappa shape index (κ1) is 18.1. The van der Waals surface area contributed by atoms with Crippen LogP contribution in [0.4, 0.5) is 4.39 Å². The zero-order chi connectivity index (χ0) is 17.6. The van der Waals surface area contributed by atoms with E-state index in [2.05, 4.69) is 26.8 Å². The number of benzene rings is 1. The predicted molar refractivity (Wildman–Crippen MR) is 98.9 cm³/mol. The maximum Gasteiger partial charge on any atom is 0.123 e. The molecule has 25 heavy (non-hydrogen) atoms. The molecule has 5 heteroatoms. The fraction of sp³-hybridized carbons (Fsp3) is 0.550.